The molecule has 0 bridgehead atoms. The number of hydrogen-bond acceptors (Lipinski definition) is 4. The van der Waals surface area contributed by atoms with Crippen LogP contribution in [0, 0.1) is 0 Å². The minimum atomic E-state index is -3.89. The average molecular weight is 478 g/mol. The van der Waals surface area contributed by atoms with Crippen LogP contribution in [0.5, 0.6) is 0 Å². The number of halogens is 1. The van der Waals surface area contributed by atoms with E-state index in [1.165, 1.54) is 18.0 Å². The fourth-order valence-corrected chi connectivity index (χ4v) is 6.17. The highest BCUT2D eigenvalue weighted by Crippen LogP contribution is 2.28. The van der Waals surface area contributed by atoms with Gasteiger partial charge in [0.05, 0.1) is 4.90 Å². The van der Waals surface area contributed by atoms with Crippen molar-refractivity contribution in [3.63, 3.8) is 0 Å². The molecule has 7 nitrogen and oxygen atoms in total. The Balaban J connectivity index is 1.51. The molecule has 0 saturated carbocycles. The first kappa shape index (κ1) is 23.0. The van der Waals surface area contributed by atoms with Crippen molar-refractivity contribution in [3.05, 3.63) is 41.4 Å². The second kappa shape index (κ2) is 9.00. The van der Waals surface area contributed by atoms with Crippen molar-refractivity contribution in [1.82, 2.24) is 14.1 Å². The summed E-state index contributed by atoms with van der Waals surface area (Å²) in [4.78, 5) is 29.5. The summed E-state index contributed by atoms with van der Waals surface area (Å²) < 4.78 is 27.7. The molecule has 4 rings (SSSR count). The molecule has 2 heterocycles. The summed E-state index contributed by atoms with van der Waals surface area (Å²) in [5.41, 5.74) is 0. The smallest absolute Gasteiger partial charge is 0.245 e. The summed E-state index contributed by atoms with van der Waals surface area (Å²) in [6.45, 7) is 3.53. The molecule has 0 radical (unpaired) electrons. The van der Waals surface area contributed by atoms with E-state index in [-0.39, 0.29) is 16.7 Å². The highest BCUT2D eigenvalue weighted by atomic mass is 35.5. The molecule has 1 unspecified atom stereocenters. The van der Waals surface area contributed by atoms with Gasteiger partial charge in [0.1, 0.15) is 12.1 Å². The number of amides is 2. The highest BCUT2D eigenvalue weighted by molar-refractivity contribution is 7.89. The van der Waals surface area contributed by atoms with Crippen molar-refractivity contribution in [3.8, 4) is 0 Å². The Hall–Kier alpha value is -2.16. The molecular formula is C23H28ClN3O4S. The number of sulfonamides is 1. The van der Waals surface area contributed by atoms with Crippen LogP contribution in [0.15, 0.2) is 41.3 Å². The Bertz CT molecular complexity index is 1150. The Morgan fingerprint density at radius 2 is 1.72 bits per heavy atom. The molecule has 2 saturated heterocycles. The zero-order valence-corrected chi connectivity index (χ0v) is 19.9. The van der Waals surface area contributed by atoms with Crippen LogP contribution < -0.4 is 0 Å². The van der Waals surface area contributed by atoms with E-state index in [9.17, 15) is 18.0 Å². The number of piperidine rings is 1. The molecule has 9 heteroatoms. The summed E-state index contributed by atoms with van der Waals surface area (Å²) in [6.07, 6.45) is 3.44. The third-order valence-electron chi connectivity index (χ3n) is 6.59. The molecule has 2 aliphatic heterocycles. The van der Waals surface area contributed by atoms with E-state index in [0.717, 1.165) is 47.4 Å². The largest absolute Gasteiger partial charge is 0.341 e. The van der Waals surface area contributed by atoms with Crippen LogP contribution in [0.3, 0.4) is 0 Å². The van der Waals surface area contributed by atoms with Gasteiger partial charge in [-0.15, -0.1) is 0 Å². The average Bonchev–Trinajstić information content (AvgIpc) is 3.18. The maximum absolute atomic E-state index is 13.3. The van der Waals surface area contributed by atoms with E-state index >= 15 is 0 Å². The van der Waals surface area contributed by atoms with Crippen molar-refractivity contribution >= 4 is 44.2 Å². The predicted molar refractivity (Wildman–Crippen MR) is 124 cm³/mol. The van der Waals surface area contributed by atoms with Crippen molar-refractivity contribution in [2.24, 2.45) is 0 Å². The predicted octanol–water partition coefficient (Wildman–Crippen LogP) is 3.12. The molecule has 2 amide bonds. The Morgan fingerprint density at radius 1 is 1.06 bits per heavy atom. The molecular weight excluding hydrogens is 450 g/mol. The van der Waals surface area contributed by atoms with Gasteiger partial charge in [-0.25, -0.2) is 8.42 Å². The van der Waals surface area contributed by atoms with Crippen LogP contribution in [0.1, 0.15) is 32.6 Å². The zero-order chi connectivity index (χ0) is 23.0. The monoisotopic (exact) mass is 477 g/mol. The van der Waals surface area contributed by atoms with Crippen LogP contribution in [0.2, 0.25) is 5.02 Å². The Morgan fingerprint density at radius 3 is 2.44 bits per heavy atom. The van der Waals surface area contributed by atoms with E-state index in [2.05, 4.69) is 0 Å². The molecule has 172 valence electrons. The van der Waals surface area contributed by atoms with Crippen molar-refractivity contribution in [2.75, 3.05) is 26.7 Å². The second-order valence-corrected chi connectivity index (χ2v) is 11.0. The van der Waals surface area contributed by atoms with Gasteiger partial charge in [0.15, 0.2) is 0 Å². The van der Waals surface area contributed by atoms with Gasteiger partial charge in [0.25, 0.3) is 0 Å². The van der Waals surface area contributed by atoms with Gasteiger partial charge in [-0.05, 0) is 67.6 Å². The number of fused-ring (bicyclic) bond motifs is 1. The first-order chi connectivity index (χ1) is 15.2. The third-order valence-corrected chi connectivity index (χ3v) is 8.69. The number of likely N-dealkylation sites (tertiary alicyclic amines) is 2. The van der Waals surface area contributed by atoms with Crippen LogP contribution in [0.4, 0.5) is 0 Å². The topological polar surface area (TPSA) is 78.0 Å². The fourth-order valence-electron chi connectivity index (χ4n) is 4.61. The number of carbonyl (C=O) groups is 2. The van der Waals surface area contributed by atoms with Crippen LogP contribution in [0.25, 0.3) is 10.8 Å². The third kappa shape index (κ3) is 4.23. The lowest BCUT2D eigenvalue weighted by atomic mass is 10.1. The summed E-state index contributed by atoms with van der Waals surface area (Å²) in [5.74, 6) is -0.376. The van der Waals surface area contributed by atoms with Gasteiger partial charge in [-0.3, -0.25) is 9.59 Å². The highest BCUT2D eigenvalue weighted by Gasteiger charge is 2.43. The molecule has 0 aromatic heterocycles. The number of carbonyl (C=O) groups excluding carboxylic acids is 2. The number of hydrogen-bond donors (Lipinski definition) is 0. The van der Waals surface area contributed by atoms with E-state index in [1.54, 1.807) is 37.3 Å². The first-order valence-corrected chi connectivity index (χ1v) is 12.8. The van der Waals surface area contributed by atoms with Gasteiger partial charge in [0, 0.05) is 31.7 Å². The Labute approximate surface area is 194 Å². The SMILES string of the molecule is CC(C(=O)N1CCCCC1)N1CC[C@@H](N(C)S(=O)(=O)c2ccc3cc(Cl)ccc3c2)C1=O. The number of rotatable bonds is 5. The maximum Gasteiger partial charge on any atom is 0.245 e. The second-order valence-electron chi connectivity index (χ2n) is 8.57. The molecule has 2 atom stereocenters. The van der Waals surface area contributed by atoms with Gasteiger partial charge in [-0.1, -0.05) is 23.7 Å². The standard InChI is InChI=1S/C23H28ClN3O4S/c1-16(22(28)26-11-4-3-5-12-26)27-13-10-21(23(27)29)25(2)32(30,31)20-9-7-17-14-19(24)8-6-18(17)15-20/h6-9,14-16,21H,3-5,10-13H2,1-2H3/t16?,21-/m1/s1. The lowest BCUT2D eigenvalue weighted by Gasteiger charge is -2.33. The number of benzene rings is 2. The van der Waals surface area contributed by atoms with Crippen molar-refractivity contribution in [2.45, 2.75) is 49.6 Å². The maximum atomic E-state index is 13.3. The normalized spacial score (nSPS) is 20.9. The summed E-state index contributed by atoms with van der Waals surface area (Å²) in [7, 11) is -2.45. The fraction of sp³-hybridized carbons (Fsp3) is 0.478. The molecule has 2 fully saturated rings. The molecule has 2 aromatic rings. The van der Waals surface area contributed by atoms with Crippen LogP contribution in [-0.4, -0.2) is 73.1 Å². The molecule has 2 aliphatic rings. The van der Waals surface area contributed by atoms with E-state index in [1.807, 2.05) is 4.90 Å². The van der Waals surface area contributed by atoms with E-state index < -0.39 is 22.1 Å². The van der Waals surface area contributed by atoms with E-state index in [4.69, 9.17) is 11.6 Å². The zero-order valence-electron chi connectivity index (χ0n) is 18.3. The molecule has 0 N–H and O–H groups in total. The van der Waals surface area contributed by atoms with E-state index in [0.29, 0.717) is 18.0 Å². The lowest BCUT2D eigenvalue weighted by molar-refractivity contribution is -0.144. The van der Waals surface area contributed by atoms with Crippen molar-refractivity contribution in [1.29, 1.82) is 0 Å². The summed E-state index contributed by atoms with van der Waals surface area (Å²) >= 11 is 6.02. The van der Waals surface area contributed by atoms with Crippen LogP contribution >= 0.6 is 11.6 Å². The van der Waals surface area contributed by atoms with Gasteiger partial charge >= 0.3 is 0 Å². The Kier molecular flexibility index (Phi) is 6.47. The van der Waals surface area contributed by atoms with Crippen molar-refractivity contribution < 1.29 is 18.0 Å². The first-order valence-electron chi connectivity index (χ1n) is 11.0. The lowest BCUT2D eigenvalue weighted by Crippen LogP contribution is -2.51. The molecule has 2 aromatic carbocycles. The van der Waals surface area contributed by atoms with Gasteiger partial charge < -0.3 is 9.80 Å². The van der Waals surface area contributed by atoms with Crippen LogP contribution in [-0.2, 0) is 19.6 Å². The molecule has 0 aliphatic carbocycles. The molecule has 0 spiro atoms. The minimum Gasteiger partial charge on any atom is -0.341 e. The number of nitrogens with zero attached hydrogens (tertiary/aromatic N) is 3. The number of likely N-dealkylation sites (N-methyl/N-ethyl adjacent to an activating group) is 1. The quantitative estimate of drug-likeness (QED) is 0.662. The summed E-state index contributed by atoms with van der Waals surface area (Å²) in [6, 6.07) is 8.68. The summed E-state index contributed by atoms with van der Waals surface area (Å²) in [5, 5.41) is 2.17. The molecule has 32 heavy (non-hydrogen) atoms. The van der Waals surface area contributed by atoms with Gasteiger partial charge in [-0.2, -0.15) is 4.31 Å². The minimum absolute atomic E-state index is 0.0580. The van der Waals surface area contributed by atoms with Gasteiger partial charge in [0.2, 0.25) is 21.8 Å².